The van der Waals surface area contributed by atoms with E-state index in [0.29, 0.717) is 6.04 Å². The number of hydrogen-bond acceptors (Lipinski definition) is 4. The highest BCUT2D eigenvalue weighted by Gasteiger charge is 2.23. The minimum atomic E-state index is 0.567. The lowest BCUT2D eigenvalue weighted by Crippen LogP contribution is -2.05. The Labute approximate surface area is 110 Å². The van der Waals surface area contributed by atoms with Crippen molar-refractivity contribution in [1.29, 1.82) is 0 Å². The van der Waals surface area contributed by atoms with Crippen LogP contribution in [0.25, 0.3) is 16.9 Å². The molecule has 0 unspecified atom stereocenters. The molecule has 1 N–H and O–H groups in total. The highest BCUT2D eigenvalue weighted by atomic mass is 15.2. The second-order valence-electron chi connectivity index (χ2n) is 4.93. The first-order valence-electron chi connectivity index (χ1n) is 6.39. The van der Waals surface area contributed by atoms with Gasteiger partial charge in [0.05, 0.1) is 18.1 Å². The number of anilines is 1. The summed E-state index contributed by atoms with van der Waals surface area (Å²) in [6, 6.07) is 0.567. The molecule has 1 aliphatic carbocycles. The van der Waals surface area contributed by atoms with Gasteiger partial charge >= 0.3 is 0 Å². The molecule has 1 aliphatic rings. The van der Waals surface area contributed by atoms with Crippen molar-refractivity contribution in [3.8, 4) is 11.3 Å². The number of fused-ring (bicyclic) bond motifs is 1. The average molecular weight is 254 g/mol. The first-order valence-corrected chi connectivity index (χ1v) is 6.39. The van der Waals surface area contributed by atoms with Crippen LogP contribution in [0.15, 0.2) is 31.0 Å². The first kappa shape index (κ1) is 10.5. The van der Waals surface area contributed by atoms with Crippen LogP contribution >= 0.6 is 0 Å². The van der Waals surface area contributed by atoms with E-state index in [0.717, 1.165) is 22.7 Å². The Morgan fingerprint density at radius 2 is 2.16 bits per heavy atom. The summed E-state index contributed by atoms with van der Waals surface area (Å²) in [5.74, 6) is 0.861. The third-order valence-corrected chi connectivity index (χ3v) is 3.35. The summed E-state index contributed by atoms with van der Waals surface area (Å²) in [4.78, 5) is 8.87. The van der Waals surface area contributed by atoms with Crippen molar-refractivity contribution < 1.29 is 0 Å². The van der Waals surface area contributed by atoms with E-state index in [2.05, 4.69) is 24.8 Å². The number of rotatable bonds is 3. The highest BCUT2D eigenvalue weighted by Crippen LogP contribution is 2.27. The summed E-state index contributed by atoms with van der Waals surface area (Å²) in [5, 5.41) is 7.62. The smallest absolute Gasteiger partial charge is 0.180 e. The average Bonchev–Trinajstić information content (AvgIpc) is 2.95. The van der Waals surface area contributed by atoms with E-state index in [4.69, 9.17) is 0 Å². The van der Waals surface area contributed by atoms with E-state index in [1.807, 2.05) is 31.8 Å². The largest absolute Gasteiger partial charge is 0.364 e. The van der Waals surface area contributed by atoms with Gasteiger partial charge in [-0.1, -0.05) is 0 Å². The van der Waals surface area contributed by atoms with E-state index < -0.39 is 0 Å². The van der Waals surface area contributed by atoms with Crippen LogP contribution in [-0.4, -0.2) is 30.2 Å². The SMILES string of the molecule is Cn1cc(-c2cnc3c(NC4CC4)nccn23)cn1. The van der Waals surface area contributed by atoms with Gasteiger partial charge in [0.1, 0.15) is 0 Å². The summed E-state index contributed by atoms with van der Waals surface area (Å²) in [6.07, 6.45) is 11.9. The van der Waals surface area contributed by atoms with Gasteiger partial charge in [0.25, 0.3) is 0 Å². The van der Waals surface area contributed by atoms with Crippen LogP contribution in [0.5, 0.6) is 0 Å². The third kappa shape index (κ3) is 1.76. The minimum absolute atomic E-state index is 0.567. The molecule has 0 radical (unpaired) electrons. The molecule has 3 heterocycles. The Morgan fingerprint density at radius 3 is 2.89 bits per heavy atom. The maximum atomic E-state index is 4.49. The molecule has 0 spiro atoms. The molecule has 3 aromatic rings. The predicted octanol–water partition coefficient (Wildman–Crippen LogP) is 1.70. The molecule has 19 heavy (non-hydrogen) atoms. The molecule has 6 heteroatoms. The van der Waals surface area contributed by atoms with Crippen molar-refractivity contribution in [2.45, 2.75) is 18.9 Å². The monoisotopic (exact) mass is 254 g/mol. The summed E-state index contributed by atoms with van der Waals surface area (Å²) < 4.78 is 3.84. The number of hydrogen-bond donors (Lipinski definition) is 1. The molecule has 0 aliphatic heterocycles. The Hall–Kier alpha value is -2.37. The Morgan fingerprint density at radius 1 is 1.26 bits per heavy atom. The van der Waals surface area contributed by atoms with Crippen molar-refractivity contribution >= 4 is 11.5 Å². The molecule has 0 atom stereocenters. The minimum Gasteiger partial charge on any atom is -0.364 e. The van der Waals surface area contributed by atoms with Crippen LogP contribution < -0.4 is 5.32 Å². The summed E-state index contributed by atoms with van der Waals surface area (Å²) in [5.41, 5.74) is 2.95. The lowest BCUT2D eigenvalue weighted by Gasteiger charge is -2.05. The Kier molecular flexibility index (Phi) is 2.11. The zero-order chi connectivity index (χ0) is 12.8. The molecular weight excluding hydrogens is 240 g/mol. The molecule has 6 nitrogen and oxygen atoms in total. The van der Waals surface area contributed by atoms with Crippen molar-refractivity contribution in [2.75, 3.05) is 5.32 Å². The molecule has 4 rings (SSSR count). The van der Waals surface area contributed by atoms with Crippen molar-refractivity contribution in [3.05, 3.63) is 31.0 Å². The molecule has 0 amide bonds. The van der Waals surface area contributed by atoms with Gasteiger partial charge in [-0.05, 0) is 12.8 Å². The fraction of sp³-hybridized carbons (Fsp3) is 0.308. The molecule has 1 saturated carbocycles. The van der Waals surface area contributed by atoms with Crippen molar-refractivity contribution in [3.63, 3.8) is 0 Å². The number of nitrogens with zero attached hydrogens (tertiary/aromatic N) is 5. The van der Waals surface area contributed by atoms with Crippen LogP contribution in [-0.2, 0) is 7.05 Å². The molecule has 0 saturated heterocycles. The van der Waals surface area contributed by atoms with Crippen LogP contribution in [0, 0.1) is 0 Å². The van der Waals surface area contributed by atoms with Crippen molar-refractivity contribution in [2.24, 2.45) is 7.05 Å². The van der Waals surface area contributed by atoms with Gasteiger partial charge in [-0.25, -0.2) is 9.97 Å². The fourth-order valence-corrected chi connectivity index (χ4v) is 2.21. The Balaban J connectivity index is 1.84. The van der Waals surface area contributed by atoms with Gasteiger partial charge in [0.15, 0.2) is 11.5 Å². The van der Waals surface area contributed by atoms with Crippen LogP contribution in [0.1, 0.15) is 12.8 Å². The van der Waals surface area contributed by atoms with Gasteiger partial charge in [-0.2, -0.15) is 5.10 Å². The lowest BCUT2D eigenvalue weighted by molar-refractivity contribution is 0.768. The van der Waals surface area contributed by atoms with E-state index in [-0.39, 0.29) is 0 Å². The lowest BCUT2D eigenvalue weighted by atomic mass is 10.3. The molecule has 0 bridgehead atoms. The summed E-state index contributed by atoms with van der Waals surface area (Å²) in [7, 11) is 1.91. The Bertz CT molecular complexity index is 737. The van der Waals surface area contributed by atoms with E-state index >= 15 is 0 Å². The quantitative estimate of drug-likeness (QED) is 0.773. The van der Waals surface area contributed by atoms with E-state index in [1.54, 1.807) is 10.9 Å². The van der Waals surface area contributed by atoms with Gasteiger partial charge < -0.3 is 5.32 Å². The zero-order valence-electron chi connectivity index (χ0n) is 10.6. The molecule has 3 aromatic heterocycles. The van der Waals surface area contributed by atoms with Gasteiger partial charge in [0, 0.05) is 37.2 Å². The second-order valence-corrected chi connectivity index (χ2v) is 4.93. The third-order valence-electron chi connectivity index (χ3n) is 3.35. The second kappa shape index (κ2) is 3.81. The first-order chi connectivity index (χ1) is 9.31. The highest BCUT2D eigenvalue weighted by molar-refractivity contribution is 5.70. The maximum absolute atomic E-state index is 4.49. The van der Waals surface area contributed by atoms with Crippen LogP contribution in [0.3, 0.4) is 0 Å². The van der Waals surface area contributed by atoms with Crippen LogP contribution in [0.4, 0.5) is 5.82 Å². The number of aryl methyl sites for hydroxylation is 1. The number of aromatic nitrogens is 5. The van der Waals surface area contributed by atoms with Gasteiger partial charge in [0.2, 0.25) is 0 Å². The standard InChI is InChI=1S/C13H14N6/c1-18-8-9(6-16-18)11-7-15-13-12(17-10-2-3-10)14-4-5-19(11)13/h4-8,10H,2-3H2,1H3,(H,14,17). The number of imidazole rings is 1. The normalized spacial score (nSPS) is 15.0. The van der Waals surface area contributed by atoms with Gasteiger partial charge in [-0.15, -0.1) is 0 Å². The molecule has 96 valence electrons. The van der Waals surface area contributed by atoms with Crippen molar-refractivity contribution in [1.82, 2.24) is 24.1 Å². The van der Waals surface area contributed by atoms with E-state index in [9.17, 15) is 0 Å². The predicted molar refractivity (Wildman–Crippen MR) is 71.8 cm³/mol. The fourth-order valence-electron chi connectivity index (χ4n) is 2.21. The number of nitrogens with one attached hydrogen (secondary N) is 1. The summed E-state index contributed by atoms with van der Waals surface area (Å²) in [6.45, 7) is 0. The summed E-state index contributed by atoms with van der Waals surface area (Å²) >= 11 is 0. The van der Waals surface area contributed by atoms with Crippen LogP contribution in [0.2, 0.25) is 0 Å². The molecule has 0 aromatic carbocycles. The maximum Gasteiger partial charge on any atom is 0.180 e. The zero-order valence-corrected chi connectivity index (χ0v) is 10.6. The molecular formula is C13H14N6. The van der Waals surface area contributed by atoms with Gasteiger partial charge in [-0.3, -0.25) is 9.08 Å². The topological polar surface area (TPSA) is 60.0 Å². The molecule has 1 fully saturated rings. The van der Waals surface area contributed by atoms with E-state index in [1.165, 1.54) is 12.8 Å².